The van der Waals surface area contributed by atoms with E-state index in [-0.39, 0.29) is 23.0 Å². The summed E-state index contributed by atoms with van der Waals surface area (Å²) in [6, 6.07) is 4.07. The molecule has 0 spiro atoms. The highest BCUT2D eigenvalue weighted by Crippen LogP contribution is 2.35. The van der Waals surface area contributed by atoms with Crippen LogP contribution < -0.4 is 5.32 Å². The number of hydrogen-bond donors (Lipinski definition) is 1. The highest BCUT2D eigenvalue weighted by Gasteiger charge is 2.28. The van der Waals surface area contributed by atoms with E-state index in [1.807, 2.05) is 0 Å². The molecule has 0 aliphatic heterocycles. The minimum atomic E-state index is -4.24. The van der Waals surface area contributed by atoms with Crippen LogP contribution in [0.15, 0.2) is 18.2 Å². The van der Waals surface area contributed by atoms with E-state index in [1.165, 1.54) is 25.2 Å². The molecular weight excluding hydrogens is 368 g/mol. The van der Waals surface area contributed by atoms with Gasteiger partial charge >= 0.3 is 6.18 Å². The summed E-state index contributed by atoms with van der Waals surface area (Å²) >= 11 is 7.21. The van der Waals surface area contributed by atoms with Crippen LogP contribution in [0.1, 0.15) is 16.1 Å². The van der Waals surface area contributed by atoms with Gasteiger partial charge in [0.2, 0.25) is 0 Å². The molecule has 0 fully saturated rings. The highest BCUT2D eigenvalue weighted by molar-refractivity contribution is 7.21. The van der Waals surface area contributed by atoms with Crippen LogP contribution >= 0.6 is 22.9 Å². The summed E-state index contributed by atoms with van der Waals surface area (Å²) in [6.45, 7) is -0.570. The molecule has 3 nitrogen and oxygen atoms in total. The SMILES string of the molecule is CN(CCCNC(=O)c1sc2cc(F)ccc2c1Cl)CC(F)(F)F. The summed E-state index contributed by atoms with van der Waals surface area (Å²) in [5.41, 5.74) is 0. The quantitative estimate of drug-likeness (QED) is 0.596. The first-order valence-electron chi connectivity index (χ1n) is 7.08. The lowest BCUT2D eigenvalue weighted by molar-refractivity contribution is -0.143. The number of fused-ring (bicyclic) bond motifs is 1. The van der Waals surface area contributed by atoms with Gasteiger partial charge in [-0.3, -0.25) is 9.69 Å². The van der Waals surface area contributed by atoms with E-state index >= 15 is 0 Å². The van der Waals surface area contributed by atoms with Gasteiger partial charge in [0.15, 0.2) is 0 Å². The van der Waals surface area contributed by atoms with Crippen LogP contribution in [0.3, 0.4) is 0 Å². The van der Waals surface area contributed by atoms with Crippen LogP contribution in [0.4, 0.5) is 17.6 Å². The summed E-state index contributed by atoms with van der Waals surface area (Å²) in [7, 11) is 1.37. The molecule has 0 saturated heterocycles. The van der Waals surface area contributed by atoms with E-state index in [9.17, 15) is 22.4 Å². The predicted octanol–water partition coefficient (Wildman–Crippen LogP) is 4.31. The Hall–Kier alpha value is -1.38. The number of nitrogens with zero attached hydrogens (tertiary/aromatic N) is 1. The van der Waals surface area contributed by atoms with E-state index in [0.29, 0.717) is 16.5 Å². The number of nitrogens with one attached hydrogen (secondary N) is 1. The lowest BCUT2D eigenvalue weighted by Crippen LogP contribution is -2.33. The third-order valence-corrected chi connectivity index (χ3v) is 4.91. The largest absolute Gasteiger partial charge is 0.401 e. The topological polar surface area (TPSA) is 32.3 Å². The second-order valence-corrected chi connectivity index (χ2v) is 6.78. The maximum atomic E-state index is 13.2. The van der Waals surface area contributed by atoms with Crippen molar-refractivity contribution >= 4 is 38.9 Å². The fourth-order valence-electron chi connectivity index (χ4n) is 2.20. The Balaban J connectivity index is 1.88. The smallest absolute Gasteiger partial charge is 0.351 e. The molecule has 1 aromatic heterocycles. The van der Waals surface area contributed by atoms with E-state index in [4.69, 9.17) is 11.6 Å². The molecule has 2 aromatic rings. The molecule has 1 aromatic carbocycles. The second kappa shape index (κ2) is 7.67. The van der Waals surface area contributed by atoms with Crippen molar-refractivity contribution in [3.8, 4) is 0 Å². The Morgan fingerprint density at radius 3 is 2.75 bits per heavy atom. The molecule has 1 N–H and O–H groups in total. The lowest BCUT2D eigenvalue weighted by Gasteiger charge is -2.18. The number of amides is 1. The van der Waals surface area contributed by atoms with Crippen LogP contribution in [0.2, 0.25) is 5.02 Å². The molecule has 1 heterocycles. The van der Waals surface area contributed by atoms with Crippen molar-refractivity contribution in [3.05, 3.63) is 33.9 Å². The van der Waals surface area contributed by atoms with Crippen molar-refractivity contribution in [2.24, 2.45) is 0 Å². The Morgan fingerprint density at radius 1 is 1.38 bits per heavy atom. The molecule has 0 bridgehead atoms. The number of thiophene rings is 1. The monoisotopic (exact) mass is 382 g/mol. The number of carbonyl (C=O) groups is 1. The first kappa shape index (κ1) is 19.0. The second-order valence-electron chi connectivity index (χ2n) is 5.35. The number of carbonyl (C=O) groups excluding carboxylic acids is 1. The van der Waals surface area contributed by atoms with Gasteiger partial charge < -0.3 is 5.32 Å². The summed E-state index contributed by atoms with van der Waals surface area (Å²) in [5.74, 6) is -0.833. The normalized spacial score (nSPS) is 12.1. The van der Waals surface area contributed by atoms with Crippen molar-refractivity contribution in [1.29, 1.82) is 0 Å². The van der Waals surface area contributed by atoms with Crippen LogP contribution in [0.25, 0.3) is 10.1 Å². The van der Waals surface area contributed by atoms with Gasteiger partial charge in [0, 0.05) is 16.6 Å². The average Bonchev–Trinajstić information content (AvgIpc) is 2.78. The standard InChI is InChI=1S/C15H15ClF4N2OS/c1-22(8-15(18,19)20)6-2-5-21-14(23)13-12(16)10-4-3-9(17)7-11(10)24-13/h3-4,7H,2,5-6,8H2,1H3,(H,21,23). The minimum Gasteiger partial charge on any atom is -0.351 e. The van der Waals surface area contributed by atoms with Gasteiger partial charge in [0.25, 0.3) is 5.91 Å². The zero-order valence-corrected chi connectivity index (χ0v) is 14.3. The fourth-order valence-corrected chi connectivity index (χ4v) is 3.66. The molecule has 0 aliphatic carbocycles. The zero-order valence-electron chi connectivity index (χ0n) is 12.7. The van der Waals surface area contributed by atoms with Gasteiger partial charge in [-0.05, 0) is 38.2 Å². The molecule has 0 aliphatic rings. The van der Waals surface area contributed by atoms with Gasteiger partial charge in [-0.2, -0.15) is 13.2 Å². The van der Waals surface area contributed by atoms with Crippen LogP contribution in [-0.4, -0.2) is 43.7 Å². The Bertz CT molecular complexity index is 732. The van der Waals surface area contributed by atoms with E-state index in [2.05, 4.69) is 5.32 Å². The maximum absolute atomic E-state index is 13.2. The maximum Gasteiger partial charge on any atom is 0.401 e. The third-order valence-electron chi connectivity index (χ3n) is 3.25. The van der Waals surface area contributed by atoms with Crippen LogP contribution in [0, 0.1) is 5.82 Å². The Morgan fingerprint density at radius 2 is 2.08 bits per heavy atom. The predicted molar refractivity (Wildman–Crippen MR) is 87.3 cm³/mol. The molecular formula is C15H15ClF4N2OS. The van der Waals surface area contributed by atoms with E-state index in [1.54, 1.807) is 0 Å². The Kier molecular flexibility index (Phi) is 6.06. The van der Waals surface area contributed by atoms with Crippen molar-refractivity contribution in [2.45, 2.75) is 12.6 Å². The third kappa shape index (κ3) is 5.06. The minimum absolute atomic E-state index is 0.200. The summed E-state index contributed by atoms with van der Waals surface area (Å²) in [5, 5.41) is 3.47. The van der Waals surface area contributed by atoms with Gasteiger partial charge in [-0.15, -0.1) is 11.3 Å². The number of hydrogen-bond acceptors (Lipinski definition) is 3. The molecule has 132 valence electrons. The van der Waals surface area contributed by atoms with E-state index in [0.717, 1.165) is 16.2 Å². The van der Waals surface area contributed by atoms with Crippen LogP contribution in [-0.2, 0) is 0 Å². The first-order valence-corrected chi connectivity index (χ1v) is 8.28. The molecule has 0 atom stereocenters. The molecule has 0 saturated carbocycles. The molecule has 9 heteroatoms. The molecule has 0 radical (unpaired) electrons. The number of rotatable bonds is 6. The van der Waals surface area contributed by atoms with Crippen LogP contribution in [0.5, 0.6) is 0 Å². The summed E-state index contributed by atoms with van der Waals surface area (Å²) < 4.78 is 50.3. The summed E-state index contributed by atoms with van der Waals surface area (Å²) in [6.07, 6.45) is -3.87. The molecule has 0 unspecified atom stereocenters. The Labute approximate surface area is 145 Å². The van der Waals surface area contributed by atoms with Crippen molar-refractivity contribution < 1.29 is 22.4 Å². The molecule has 2 rings (SSSR count). The number of benzene rings is 1. The van der Waals surface area contributed by atoms with Crippen molar-refractivity contribution in [1.82, 2.24) is 10.2 Å². The lowest BCUT2D eigenvalue weighted by atomic mass is 10.2. The van der Waals surface area contributed by atoms with Gasteiger partial charge in [0.1, 0.15) is 10.7 Å². The average molecular weight is 383 g/mol. The van der Waals surface area contributed by atoms with Gasteiger partial charge in [-0.1, -0.05) is 11.6 Å². The molecule has 24 heavy (non-hydrogen) atoms. The van der Waals surface area contributed by atoms with Crippen molar-refractivity contribution in [2.75, 3.05) is 26.7 Å². The van der Waals surface area contributed by atoms with E-state index < -0.39 is 24.4 Å². The van der Waals surface area contributed by atoms with Crippen molar-refractivity contribution in [3.63, 3.8) is 0 Å². The van der Waals surface area contributed by atoms with Gasteiger partial charge in [0.05, 0.1) is 11.6 Å². The van der Waals surface area contributed by atoms with Gasteiger partial charge in [-0.25, -0.2) is 4.39 Å². The summed E-state index contributed by atoms with van der Waals surface area (Å²) in [4.78, 5) is 13.5. The highest BCUT2D eigenvalue weighted by atomic mass is 35.5. The first-order chi connectivity index (χ1) is 11.2. The number of alkyl halides is 3. The fraction of sp³-hybridized carbons (Fsp3) is 0.400. The zero-order chi connectivity index (χ0) is 17.9. The number of halogens is 5. The molecule has 1 amide bonds.